The molecule has 0 aromatic carbocycles. The number of nitrogens with zero attached hydrogens (tertiary/aromatic N) is 3. The zero-order valence-corrected chi connectivity index (χ0v) is 35.4. The summed E-state index contributed by atoms with van der Waals surface area (Å²) in [6.07, 6.45) is 10.8. The zero-order valence-electron chi connectivity index (χ0n) is 34.6. The van der Waals surface area contributed by atoms with Gasteiger partial charge in [-0.15, -0.1) is 0 Å². The number of aliphatic hydroxyl groups excluding tert-OH is 2. The lowest BCUT2D eigenvalue weighted by Crippen LogP contribution is -2.62. The van der Waals surface area contributed by atoms with Gasteiger partial charge in [-0.25, -0.2) is 8.42 Å². The summed E-state index contributed by atoms with van der Waals surface area (Å²) in [5.74, 6) is 0.540. The summed E-state index contributed by atoms with van der Waals surface area (Å²) in [5.41, 5.74) is 2.52. The van der Waals surface area contributed by atoms with Gasteiger partial charge in [-0.05, 0) is 88.8 Å². The van der Waals surface area contributed by atoms with Gasteiger partial charge in [0.2, 0.25) is 5.91 Å². The Labute approximate surface area is 329 Å². The molecule has 55 heavy (non-hydrogen) atoms. The SMILES string of the molecule is CCOC1=C(CN2O[C@@H](CO)[C@@H]([C@H](C)O)[C@H]2C(=O)N[C@H]2C[C@@H]3C[C@@H]([C@@H]2C)C3(C)C)C=CCC1C1C=C(C(=O)N[C@H](CN(C)C)CS(C)(=O)=O)C=C(N(C)C)C1. The molecule has 1 heterocycles. The topological polar surface area (TPSA) is 161 Å². The van der Waals surface area contributed by atoms with Gasteiger partial charge in [0, 0.05) is 61.6 Å². The zero-order chi connectivity index (χ0) is 40.6. The van der Waals surface area contributed by atoms with Crippen molar-refractivity contribution >= 4 is 21.7 Å². The van der Waals surface area contributed by atoms with Gasteiger partial charge in [-0.2, -0.15) is 5.06 Å². The van der Waals surface area contributed by atoms with E-state index in [1.807, 2.05) is 63.1 Å². The highest BCUT2D eigenvalue weighted by atomic mass is 32.2. The molecule has 310 valence electrons. The Morgan fingerprint density at radius 3 is 2.45 bits per heavy atom. The maximum atomic E-state index is 14.3. The predicted molar refractivity (Wildman–Crippen MR) is 213 cm³/mol. The first kappa shape index (κ1) is 43.4. The van der Waals surface area contributed by atoms with E-state index in [-0.39, 0.29) is 54.0 Å². The van der Waals surface area contributed by atoms with E-state index in [4.69, 9.17) is 9.57 Å². The molecule has 13 nitrogen and oxygen atoms in total. The van der Waals surface area contributed by atoms with Gasteiger partial charge in [0.15, 0.2) is 0 Å². The normalized spacial score (nSPS) is 33.0. The number of carbonyl (C=O) groups is 2. The monoisotopic (exact) mass is 789 g/mol. The second-order valence-corrected chi connectivity index (χ2v) is 20.0. The molecule has 4 fully saturated rings. The molecular formula is C41H67N5O8S. The third-order valence-electron chi connectivity index (χ3n) is 13.0. The fourth-order valence-electron chi connectivity index (χ4n) is 10.0. The van der Waals surface area contributed by atoms with Crippen LogP contribution in [0.4, 0.5) is 0 Å². The number of hydrogen-bond acceptors (Lipinski definition) is 11. The number of sulfone groups is 1. The lowest BCUT2D eigenvalue weighted by molar-refractivity contribution is -0.173. The van der Waals surface area contributed by atoms with Crippen molar-refractivity contribution in [1.29, 1.82) is 0 Å². The smallest absolute Gasteiger partial charge is 0.251 e. The molecule has 14 heteroatoms. The molecule has 5 aliphatic carbocycles. The molecule has 0 radical (unpaired) electrons. The number of carbonyl (C=O) groups excluding carboxylic acids is 2. The molecule has 1 saturated heterocycles. The maximum Gasteiger partial charge on any atom is 0.251 e. The van der Waals surface area contributed by atoms with Crippen molar-refractivity contribution in [3.8, 4) is 0 Å². The molecule has 2 bridgehead atoms. The highest BCUT2D eigenvalue weighted by Gasteiger charge is 2.57. The lowest BCUT2D eigenvalue weighted by atomic mass is 9.45. The fraction of sp³-hybridized carbons (Fsp3) is 0.756. The molecule has 1 aliphatic heterocycles. The van der Waals surface area contributed by atoms with Crippen LogP contribution in [0.3, 0.4) is 0 Å². The Morgan fingerprint density at radius 1 is 1.18 bits per heavy atom. The van der Waals surface area contributed by atoms with Gasteiger partial charge in [0.1, 0.15) is 27.7 Å². The van der Waals surface area contributed by atoms with Crippen LogP contribution in [0.15, 0.2) is 46.9 Å². The summed E-state index contributed by atoms with van der Waals surface area (Å²) in [6.45, 7) is 11.1. The van der Waals surface area contributed by atoms with E-state index < -0.39 is 40.0 Å². The molecule has 2 unspecified atom stereocenters. The maximum absolute atomic E-state index is 14.3. The summed E-state index contributed by atoms with van der Waals surface area (Å²) in [5, 5.41) is 29.3. The van der Waals surface area contributed by atoms with Crippen LogP contribution in [-0.4, -0.2) is 142 Å². The third kappa shape index (κ3) is 9.69. The van der Waals surface area contributed by atoms with E-state index in [1.54, 1.807) is 12.0 Å². The minimum atomic E-state index is -3.35. The number of hydrogen-bond donors (Lipinski definition) is 4. The number of fused-ring (bicyclic) bond motifs is 2. The Balaban J connectivity index is 1.42. The average Bonchev–Trinajstić information content (AvgIpc) is 3.47. The number of likely N-dealkylation sites (N-methyl/N-ethyl adjacent to an activating group) is 1. The van der Waals surface area contributed by atoms with E-state index in [2.05, 4.69) is 37.5 Å². The third-order valence-corrected chi connectivity index (χ3v) is 14.0. The van der Waals surface area contributed by atoms with Crippen LogP contribution in [0.25, 0.3) is 0 Å². The number of amides is 2. The summed E-state index contributed by atoms with van der Waals surface area (Å²) in [6, 6.07) is -1.40. The number of nitrogens with one attached hydrogen (secondary N) is 2. The van der Waals surface area contributed by atoms with Crippen molar-refractivity contribution in [3.63, 3.8) is 0 Å². The van der Waals surface area contributed by atoms with Crippen LogP contribution in [-0.2, 0) is 29.0 Å². The van der Waals surface area contributed by atoms with Crippen LogP contribution < -0.4 is 10.6 Å². The Kier molecular flexibility index (Phi) is 13.7. The van der Waals surface area contributed by atoms with E-state index >= 15 is 0 Å². The molecule has 11 atom stereocenters. The molecule has 4 N–H and O–H groups in total. The van der Waals surface area contributed by atoms with Crippen molar-refractivity contribution in [3.05, 3.63) is 46.9 Å². The summed E-state index contributed by atoms with van der Waals surface area (Å²) in [7, 11) is 4.22. The van der Waals surface area contributed by atoms with Gasteiger partial charge in [0.25, 0.3) is 5.91 Å². The van der Waals surface area contributed by atoms with Crippen molar-refractivity contribution in [1.82, 2.24) is 25.5 Å². The molecule has 0 aromatic rings. The van der Waals surface area contributed by atoms with E-state index in [0.717, 1.165) is 23.5 Å². The largest absolute Gasteiger partial charge is 0.498 e. The number of allylic oxidation sites excluding steroid dienone is 4. The van der Waals surface area contributed by atoms with E-state index in [9.17, 15) is 28.2 Å². The average molecular weight is 790 g/mol. The van der Waals surface area contributed by atoms with Crippen molar-refractivity contribution < 1.29 is 37.8 Å². The Bertz CT molecular complexity index is 1650. The molecule has 3 saturated carbocycles. The molecule has 0 spiro atoms. The van der Waals surface area contributed by atoms with Gasteiger partial charge in [-0.1, -0.05) is 39.0 Å². The summed E-state index contributed by atoms with van der Waals surface area (Å²) < 4.78 is 30.9. The number of aliphatic hydroxyl groups is 2. The lowest BCUT2D eigenvalue weighted by Gasteiger charge is -2.62. The van der Waals surface area contributed by atoms with Crippen LogP contribution in [0.1, 0.15) is 60.3 Å². The molecular weight excluding hydrogens is 723 g/mol. The van der Waals surface area contributed by atoms with Crippen LogP contribution in [0, 0.1) is 40.9 Å². The predicted octanol–water partition coefficient (Wildman–Crippen LogP) is 2.50. The number of ether oxygens (including phenoxy) is 1. The summed E-state index contributed by atoms with van der Waals surface area (Å²) >= 11 is 0. The standard InChI is InChI=1S/C41H67N5O8S/c1-11-53-38-26(20-46-37(36(25(3)48)35(22-47)54-46)40(50)43-34-19-29-18-33(24(34)2)41(29,4)5)13-12-14-32(38)27-15-28(17-31(16-27)45(8)9)39(49)42-30(21-44(6)7)23-55(10,51)52/h12-13,15,17,24-25,27,29-30,32-37,47-48H,11,14,16,18-23H2,1-10H3,(H,42,49)(H,43,50)/t24-,25-,27?,29-,30+,32?,33-,34-,35-,36+,37-/m0/s1. The van der Waals surface area contributed by atoms with Crippen LogP contribution in [0.5, 0.6) is 0 Å². The number of hydroxylamine groups is 2. The molecule has 2 amide bonds. The van der Waals surface area contributed by atoms with Gasteiger partial charge in [-0.3, -0.25) is 14.4 Å². The van der Waals surface area contributed by atoms with Crippen LogP contribution >= 0.6 is 0 Å². The van der Waals surface area contributed by atoms with Crippen molar-refractivity contribution in [2.45, 2.75) is 90.6 Å². The highest BCUT2D eigenvalue weighted by Crippen LogP contribution is 2.61. The van der Waals surface area contributed by atoms with Gasteiger partial charge in [0.05, 0.1) is 37.7 Å². The number of rotatable bonds is 16. The first-order valence-corrected chi connectivity index (χ1v) is 22.1. The van der Waals surface area contributed by atoms with Crippen molar-refractivity contribution in [2.75, 3.05) is 66.5 Å². The van der Waals surface area contributed by atoms with Crippen LogP contribution in [0.2, 0.25) is 0 Å². The minimum Gasteiger partial charge on any atom is -0.498 e. The molecule has 6 aliphatic rings. The Hall–Kier alpha value is -2.75. The first-order valence-electron chi connectivity index (χ1n) is 20.0. The highest BCUT2D eigenvalue weighted by molar-refractivity contribution is 7.90. The Morgan fingerprint density at radius 2 is 1.89 bits per heavy atom. The second kappa shape index (κ2) is 17.4. The first-order chi connectivity index (χ1) is 25.7. The minimum absolute atomic E-state index is 0.0269. The van der Waals surface area contributed by atoms with E-state index in [1.165, 1.54) is 12.7 Å². The van der Waals surface area contributed by atoms with Gasteiger partial charge < -0.3 is 35.4 Å². The second-order valence-electron chi connectivity index (χ2n) is 17.8. The summed E-state index contributed by atoms with van der Waals surface area (Å²) in [4.78, 5) is 38.3. The van der Waals surface area contributed by atoms with Gasteiger partial charge >= 0.3 is 0 Å². The quantitative estimate of drug-likeness (QED) is 0.182. The molecule has 6 rings (SSSR count). The fourth-order valence-corrected chi connectivity index (χ4v) is 11.0. The van der Waals surface area contributed by atoms with Crippen molar-refractivity contribution in [2.24, 2.45) is 40.9 Å². The van der Waals surface area contributed by atoms with E-state index in [0.29, 0.717) is 49.3 Å². The molecule has 0 aromatic heterocycles.